The molecule has 1 unspecified atom stereocenters. The number of aliphatic carboxylic acids is 1. The molecule has 0 bridgehead atoms. The van der Waals surface area contributed by atoms with Gasteiger partial charge in [0.05, 0.1) is 12.1 Å². The van der Waals surface area contributed by atoms with Crippen molar-refractivity contribution in [3.05, 3.63) is 63.3 Å². The first kappa shape index (κ1) is 20.4. The van der Waals surface area contributed by atoms with Gasteiger partial charge in [0.2, 0.25) is 0 Å². The molecule has 3 aromatic rings. The average molecular weight is 424 g/mol. The third-order valence-corrected chi connectivity index (χ3v) is 6.27. The summed E-state index contributed by atoms with van der Waals surface area (Å²) in [6, 6.07) is 4.31. The summed E-state index contributed by atoms with van der Waals surface area (Å²) in [6.07, 6.45) is 8.33. The van der Waals surface area contributed by atoms with Crippen molar-refractivity contribution in [2.75, 3.05) is 11.9 Å². The highest BCUT2D eigenvalue weighted by Gasteiger charge is 2.22. The van der Waals surface area contributed by atoms with Gasteiger partial charge in [-0.15, -0.1) is 11.3 Å². The fourth-order valence-electron chi connectivity index (χ4n) is 3.66. The number of hydrogen-bond acceptors (Lipinski definition) is 7. The van der Waals surface area contributed by atoms with Crippen LogP contribution in [0, 0.1) is 6.92 Å². The summed E-state index contributed by atoms with van der Waals surface area (Å²) in [6.45, 7) is 2.81. The molecular weight excluding hydrogens is 398 g/mol. The van der Waals surface area contributed by atoms with Crippen molar-refractivity contribution in [2.24, 2.45) is 0 Å². The molecule has 7 nitrogen and oxygen atoms in total. The van der Waals surface area contributed by atoms with Crippen molar-refractivity contribution in [3.8, 4) is 0 Å². The van der Waals surface area contributed by atoms with Crippen LogP contribution >= 0.6 is 11.3 Å². The van der Waals surface area contributed by atoms with Crippen molar-refractivity contribution in [3.63, 3.8) is 0 Å². The Kier molecular flexibility index (Phi) is 6.32. The molecule has 2 N–H and O–H groups in total. The number of nitrogens with one attached hydrogen (secondary N) is 1. The van der Waals surface area contributed by atoms with E-state index in [1.807, 2.05) is 12.3 Å². The van der Waals surface area contributed by atoms with Crippen LogP contribution < -0.4 is 5.32 Å². The Morgan fingerprint density at radius 2 is 2.00 bits per heavy atom. The summed E-state index contributed by atoms with van der Waals surface area (Å²) in [5.74, 6) is 0.518. The molecule has 3 aromatic heterocycles. The highest BCUT2D eigenvalue weighted by Crippen LogP contribution is 2.30. The maximum absolute atomic E-state index is 11.4. The monoisotopic (exact) mass is 423 g/mol. The quantitative estimate of drug-likeness (QED) is 0.569. The van der Waals surface area contributed by atoms with Gasteiger partial charge < -0.3 is 10.4 Å². The van der Waals surface area contributed by atoms with Crippen LogP contribution in [0.3, 0.4) is 0 Å². The fraction of sp³-hybridized carbons (Fsp3) is 0.409. The molecular formula is C22H25N5O2S. The average Bonchev–Trinajstić information content (AvgIpc) is 3.21. The van der Waals surface area contributed by atoms with Gasteiger partial charge in [-0.2, -0.15) is 0 Å². The minimum Gasteiger partial charge on any atom is -0.481 e. The van der Waals surface area contributed by atoms with E-state index in [2.05, 4.69) is 27.4 Å². The third kappa shape index (κ3) is 4.99. The molecule has 8 heteroatoms. The second kappa shape index (κ2) is 9.30. The summed E-state index contributed by atoms with van der Waals surface area (Å²) in [7, 11) is 0. The molecule has 1 atom stereocenters. The van der Waals surface area contributed by atoms with Crippen LogP contribution in [-0.2, 0) is 24.1 Å². The fourth-order valence-corrected chi connectivity index (χ4v) is 4.64. The number of aryl methyl sites for hydroxylation is 4. The van der Waals surface area contributed by atoms with Gasteiger partial charge >= 0.3 is 5.97 Å². The summed E-state index contributed by atoms with van der Waals surface area (Å²) >= 11 is 1.51. The predicted molar refractivity (Wildman–Crippen MR) is 116 cm³/mol. The van der Waals surface area contributed by atoms with Crippen molar-refractivity contribution in [2.45, 2.75) is 51.4 Å². The highest BCUT2D eigenvalue weighted by atomic mass is 32.1. The van der Waals surface area contributed by atoms with E-state index in [-0.39, 0.29) is 12.3 Å². The summed E-state index contributed by atoms with van der Waals surface area (Å²) in [5, 5.41) is 15.6. The molecule has 30 heavy (non-hydrogen) atoms. The lowest BCUT2D eigenvalue weighted by Gasteiger charge is -2.17. The predicted octanol–water partition coefficient (Wildman–Crippen LogP) is 3.78. The molecule has 4 heterocycles. The lowest BCUT2D eigenvalue weighted by atomic mass is 9.99. The van der Waals surface area contributed by atoms with Gasteiger partial charge in [0.1, 0.15) is 16.6 Å². The molecule has 0 radical (unpaired) electrons. The van der Waals surface area contributed by atoms with Crippen LogP contribution in [-0.4, -0.2) is 37.6 Å². The number of pyridine rings is 1. The molecule has 4 rings (SSSR count). The number of thiazole rings is 1. The third-order valence-electron chi connectivity index (χ3n) is 5.27. The van der Waals surface area contributed by atoms with Gasteiger partial charge in [0.25, 0.3) is 0 Å². The Balaban J connectivity index is 1.40. The molecule has 0 spiro atoms. The smallest absolute Gasteiger partial charge is 0.304 e. The molecule has 0 aromatic carbocycles. The second-order valence-corrected chi connectivity index (χ2v) is 8.48. The zero-order valence-electron chi connectivity index (χ0n) is 17.0. The number of carboxylic acids is 1. The van der Waals surface area contributed by atoms with Crippen molar-refractivity contribution >= 4 is 23.1 Å². The molecule has 0 fully saturated rings. The van der Waals surface area contributed by atoms with E-state index >= 15 is 0 Å². The minimum atomic E-state index is -0.857. The zero-order chi connectivity index (χ0) is 20.9. The van der Waals surface area contributed by atoms with Crippen LogP contribution in [0.4, 0.5) is 5.82 Å². The van der Waals surface area contributed by atoms with Gasteiger partial charge in [-0.1, -0.05) is 6.07 Å². The van der Waals surface area contributed by atoms with E-state index in [1.165, 1.54) is 16.9 Å². The molecule has 0 saturated carbocycles. The van der Waals surface area contributed by atoms with Crippen molar-refractivity contribution in [1.82, 2.24) is 19.9 Å². The number of fused-ring (bicyclic) bond motifs is 1. The Morgan fingerprint density at radius 1 is 1.20 bits per heavy atom. The van der Waals surface area contributed by atoms with Crippen molar-refractivity contribution in [1.29, 1.82) is 0 Å². The van der Waals surface area contributed by atoms with Crippen LogP contribution in [0.15, 0.2) is 29.9 Å². The summed E-state index contributed by atoms with van der Waals surface area (Å²) in [5.41, 5.74) is 4.18. The van der Waals surface area contributed by atoms with Gasteiger partial charge in [-0.25, -0.2) is 19.9 Å². The van der Waals surface area contributed by atoms with E-state index in [9.17, 15) is 9.90 Å². The molecule has 156 valence electrons. The Labute approximate surface area is 179 Å². The number of aromatic nitrogens is 4. The minimum absolute atomic E-state index is 0.0224. The lowest BCUT2D eigenvalue weighted by Crippen LogP contribution is -2.14. The van der Waals surface area contributed by atoms with Gasteiger partial charge in [0, 0.05) is 35.9 Å². The van der Waals surface area contributed by atoms with Crippen LogP contribution in [0.2, 0.25) is 0 Å². The Bertz CT molecular complexity index is 1020. The second-order valence-electron chi connectivity index (χ2n) is 7.59. The van der Waals surface area contributed by atoms with Crippen LogP contribution in [0.5, 0.6) is 0 Å². The largest absolute Gasteiger partial charge is 0.481 e. The number of carbonyl (C=O) groups is 1. The van der Waals surface area contributed by atoms with E-state index in [1.54, 1.807) is 12.4 Å². The topological polar surface area (TPSA) is 101 Å². The van der Waals surface area contributed by atoms with E-state index < -0.39 is 5.97 Å². The first-order valence-corrected chi connectivity index (χ1v) is 11.1. The number of anilines is 1. The first-order chi connectivity index (χ1) is 14.6. The number of carboxylic acid groups (broad SMARTS) is 1. The van der Waals surface area contributed by atoms with Gasteiger partial charge in [-0.3, -0.25) is 4.79 Å². The van der Waals surface area contributed by atoms with E-state index in [0.29, 0.717) is 5.82 Å². The van der Waals surface area contributed by atoms with E-state index in [0.717, 1.165) is 66.4 Å². The zero-order valence-corrected chi connectivity index (χ0v) is 17.8. The maximum Gasteiger partial charge on any atom is 0.304 e. The van der Waals surface area contributed by atoms with Crippen molar-refractivity contribution < 1.29 is 9.90 Å². The SMILES string of the molecule is Cc1ncc(C(CC(=O)O)c2nc(CCCc3ccc4c(n3)NCCC4)cs2)cn1. The van der Waals surface area contributed by atoms with Gasteiger partial charge in [0.15, 0.2) is 0 Å². The summed E-state index contributed by atoms with van der Waals surface area (Å²) < 4.78 is 0. The molecule has 1 aliphatic rings. The lowest BCUT2D eigenvalue weighted by molar-refractivity contribution is -0.137. The molecule has 0 amide bonds. The Hall–Kier alpha value is -2.87. The van der Waals surface area contributed by atoms with Crippen LogP contribution in [0.1, 0.15) is 58.5 Å². The van der Waals surface area contributed by atoms with Gasteiger partial charge in [-0.05, 0) is 56.2 Å². The normalized spacial score (nSPS) is 14.0. The molecule has 0 aliphatic carbocycles. The molecule has 0 saturated heterocycles. The standard InChI is InChI=1S/C22H25N5O2S/c1-14-24-11-16(12-25-14)19(10-20(28)29)22-27-18(13-30-22)6-2-5-17-8-7-15-4-3-9-23-21(15)26-17/h7-8,11-13,19H,2-6,9-10H2,1H3,(H,23,26)(H,28,29). The number of hydrogen-bond donors (Lipinski definition) is 2. The highest BCUT2D eigenvalue weighted by molar-refractivity contribution is 7.09. The summed E-state index contributed by atoms with van der Waals surface area (Å²) in [4.78, 5) is 29.3. The first-order valence-electron chi connectivity index (χ1n) is 10.3. The van der Waals surface area contributed by atoms with Crippen LogP contribution in [0.25, 0.3) is 0 Å². The maximum atomic E-state index is 11.4. The number of nitrogens with zero attached hydrogens (tertiary/aromatic N) is 4. The number of rotatable bonds is 8. The Morgan fingerprint density at radius 3 is 2.80 bits per heavy atom. The molecule has 1 aliphatic heterocycles. The van der Waals surface area contributed by atoms with E-state index in [4.69, 9.17) is 9.97 Å².